The third kappa shape index (κ3) is 6.32. The molecule has 2 amide bonds. The van der Waals surface area contributed by atoms with E-state index in [-0.39, 0.29) is 25.3 Å². The Morgan fingerprint density at radius 1 is 1.32 bits per heavy atom. The highest BCUT2D eigenvalue weighted by Gasteiger charge is 2.22. The molecule has 8 heteroatoms. The summed E-state index contributed by atoms with van der Waals surface area (Å²) in [5.74, 6) is -0.297. The number of carboxylic acids is 2. The molecule has 108 valence electrons. The Bertz CT molecular complexity index is 344. The average Bonchev–Trinajstić information content (AvgIpc) is 2.79. The van der Waals surface area contributed by atoms with E-state index >= 15 is 0 Å². The topological polar surface area (TPSA) is 116 Å². The van der Waals surface area contributed by atoms with Gasteiger partial charge >= 0.3 is 18.0 Å². The number of carbonyl (C=O) groups is 3. The summed E-state index contributed by atoms with van der Waals surface area (Å²) < 4.78 is 0. The van der Waals surface area contributed by atoms with Crippen LogP contribution in [0.2, 0.25) is 0 Å². The van der Waals surface area contributed by atoms with Crippen molar-refractivity contribution in [3.63, 3.8) is 0 Å². The maximum Gasteiger partial charge on any atom is 0.326 e. The second-order valence-electron chi connectivity index (χ2n) is 4.36. The Morgan fingerprint density at radius 3 is 2.58 bits per heavy atom. The number of rotatable bonds is 7. The largest absolute Gasteiger partial charge is 0.481 e. The van der Waals surface area contributed by atoms with Crippen LogP contribution in [0.25, 0.3) is 0 Å². The third-order valence-electron chi connectivity index (χ3n) is 2.75. The average molecular weight is 290 g/mol. The molecule has 2 atom stereocenters. The molecule has 1 aliphatic rings. The van der Waals surface area contributed by atoms with Crippen LogP contribution in [0.15, 0.2) is 0 Å². The molecule has 0 aromatic rings. The Labute approximate surface area is 115 Å². The van der Waals surface area contributed by atoms with Crippen molar-refractivity contribution in [2.75, 3.05) is 11.5 Å². The van der Waals surface area contributed by atoms with Gasteiger partial charge in [0.25, 0.3) is 0 Å². The van der Waals surface area contributed by atoms with E-state index < -0.39 is 24.0 Å². The Balaban J connectivity index is 2.32. The fraction of sp³-hybridized carbons (Fsp3) is 0.727. The van der Waals surface area contributed by atoms with Crippen LogP contribution in [0.3, 0.4) is 0 Å². The fourth-order valence-electron chi connectivity index (χ4n) is 1.75. The van der Waals surface area contributed by atoms with Crippen molar-refractivity contribution in [1.82, 2.24) is 10.6 Å². The molecule has 1 aliphatic heterocycles. The normalized spacial score (nSPS) is 19.7. The Morgan fingerprint density at radius 2 is 2.05 bits per heavy atom. The molecule has 0 aliphatic carbocycles. The predicted molar refractivity (Wildman–Crippen MR) is 70.3 cm³/mol. The van der Waals surface area contributed by atoms with Gasteiger partial charge in [0, 0.05) is 18.2 Å². The summed E-state index contributed by atoms with van der Waals surface area (Å²) in [5, 5.41) is 22.5. The highest BCUT2D eigenvalue weighted by atomic mass is 32.2. The third-order valence-corrected chi connectivity index (χ3v) is 3.91. The molecule has 0 spiro atoms. The highest BCUT2D eigenvalue weighted by Crippen LogP contribution is 2.16. The van der Waals surface area contributed by atoms with E-state index in [1.807, 2.05) is 0 Å². The van der Waals surface area contributed by atoms with Gasteiger partial charge in [-0.1, -0.05) is 0 Å². The molecule has 7 nitrogen and oxygen atoms in total. The summed E-state index contributed by atoms with van der Waals surface area (Å²) in [6.07, 6.45) is 1.10. The molecular formula is C11H18N2O5S. The standard InChI is InChI=1S/C11H18N2O5S/c14-9(15)3-1-2-8(10(16)17)13-11(18)12-7-4-5-19-6-7/h7-8H,1-6H2,(H,14,15)(H,16,17)(H2,12,13,18)/t7?,8-/m1/s1. The zero-order valence-electron chi connectivity index (χ0n) is 10.4. The van der Waals surface area contributed by atoms with Crippen molar-refractivity contribution in [2.24, 2.45) is 0 Å². The predicted octanol–water partition coefficient (Wildman–Crippen LogP) is 0.499. The minimum Gasteiger partial charge on any atom is -0.481 e. The van der Waals surface area contributed by atoms with E-state index in [4.69, 9.17) is 10.2 Å². The second-order valence-corrected chi connectivity index (χ2v) is 5.50. The number of hydrogen-bond acceptors (Lipinski definition) is 4. The lowest BCUT2D eigenvalue weighted by atomic mass is 10.1. The maximum absolute atomic E-state index is 11.6. The van der Waals surface area contributed by atoms with Crippen LogP contribution in [-0.2, 0) is 9.59 Å². The van der Waals surface area contributed by atoms with Crippen molar-refractivity contribution < 1.29 is 24.6 Å². The molecule has 1 rings (SSSR count). The zero-order valence-corrected chi connectivity index (χ0v) is 11.2. The molecule has 0 aromatic carbocycles. The van der Waals surface area contributed by atoms with Crippen LogP contribution in [0.5, 0.6) is 0 Å². The molecule has 0 saturated carbocycles. The molecule has 1 fully saturated rings. The maximum atomic E-state index is 11.6. The van der Waals surface area contributed by atoms with Gasteiger partial charge in [-0.25, -0.2) is 9.59 Å². The van der Waals surface area contributed by atoms with Crippen LogP contribution in [-0.4, -0.2) is 51.8 Å². The quantitative estimate of drug-likeness (QED) is 0.542. The van der Waals surface area contributed by atoms with Gasteiger partial charge in [0.1, 0.15) is 6.04 Å². The van der Waals surface area contributed by atoms with Gasteiger partial charge < -0.3 is 20.8 Å². The van der Waals surface area contributed by atoms with Gasteiger partial charge in [-0.15, -0.1) is 0 Å². The molecule has 1 heterocycles. The number of hydrogen-bond donors (Lipinski definition) is 4. The number of carbonyl (C=O) groups excluding carboxylic acids is 1. The smallest absolute Gasteiger partial charge is 0.326 e. The summed E-state index contributed by atoms with van der Waals surface area (Å²) in [6, 6.07) is -1.47. The first-order valence-corrected chi connectivity index (χ1v) is 7.24. The second kappa shape index (κ2) is 7.88. The molecule has 0 bridgehead atoms. The van der Waals surface area contributed by atoms with Crippen LogP contribution in [0.1, 0.15) is 25.7 Å². The van der Waals surface area contributed by atoms with Gasteiger partial charge in [0.15, 0.2) is 0 Å². The lowest BCUT2D eigenvalue weighted by Gasteiger charge is -2.17. The van der Waals surface area contributed by atoms with Crippen molar-refractivity contribution in [2.45, 2.75) is 37.8 Å². The number of carboxylic acid groups (broad SMARTS) is 2. The minimum absolute atomic E-state index is 0.0819. The van der Waals surface area contributed by atoms with Crippen LogP contribution >= 0.6 is 11.8 Å². The monoisotopic (exact) mass is 290 g/mol. The summed E-state index contributed by atoms with van der Waals surface area (Å²) in [5.41, 5.74) is 0. The number of aliphatic carboxylic acids is 2. The number of nitrogens with one attached hydrogen (secondary N) is 2. The first kappa shape index (κ1) is 15.6. The first-order valence-electron chi connectivity index (χ1n) is 6.08. The van der Waals surface area contributed by atoms with Gasteiger partial charge in [-0.3, -0.25) is 4.79 Å². The van der Waals surface area contributed by atoms with Crippen LogP contribution in [0, 0.1) is 0 Å². The number of thioether (sulfide) groups is 1. The van der Waals surface area contributed by atoms with Gasteiger partial charge in [0.2, 0.25) is 0 Å². The summed E-state index contributed by atoms with van der Waals surface area (Å²) in [4.78, 5) is 32.9. The molecule has 4 N–H and O–H groups in total. The molecule has 0 aromatic heterocycles. The van der Waals surface area contributed by atoms with E-state index in [1.54, 1.807) is 11.8 Å². The molecule has 1 saturated heterocycles. The van der Waals surface area contributed by atoms with Crippen molar-refractivity contribution >= 4 is 29.7 Å². The molecule has 19 heavy (non-hydrogen) atoms. The molecular weight excluding hydrogens is 272 g/mol. The Hall–Kier alpha value is -1.44. The van der Waals surface area contributed by atoms with E-state index in [1.165, 1.54) is 0 Å². The Kier molecular flexibility index (Phi) is 6.48. The molecule has 0 radical (unpaired) electrons. The minimum atomic E-state index is -1.15. The van der Waals surface area contributed by atoms with Gasteiger partial charge in [0.05, 0.1) is 0 Å². The fourth-order valence-corrected chi connectivity index (χ4v) is 2.90. The van der Waals surface area contributed by atoms with Gasteiger partial charge in [-0.2, -0.15) is 11.8 Å². The molecule has 1 unspecified atom stereocenters. The highest BCUT2D eigenvalue weighted by molar-refractivity contribution is 7.99. The summed E-state index contributed by atoms with van der Waals surface area (Å²) in [6.45, 7) is 0. The van der Waals surface area contributed by atoms with Crippen LogP contribution in [0.4, 0.5) is 4.79 Å². The van der Waals surface area contributed by atoms with Crippen molar-refractivity contribution in [3.05, 3.63) is 0 Å². The lowest BCUT2D eigenvalue weighted by molar-refractivity contribution is -0.140. The number of urea groups is 1. The lowest BCUT2D eigenvalue weighted by Crippen LogP contribution is -2.49. The first-order chi connectivity index (χ1) is 8.99. The van der Waals surface area contributed by atoms with E-state index in [0.29, 0.717) is 0 Å². The zero-order chi connectivity index (χ0) is 14.3. The number of amides is 2. The van der Waals surface area contributed by atoms with Crippen molar-refractivity contribution in [1.29, 1.82) is 0 Å². The summed E-state index contributed by atoms with van der Waals surface area (Å²) in [7, 11) is 0. The van der Waals surface area contributed by atoms with Crippen LogP contribution < -0.4 is 10.6 Å². The summed E-state index contributed by atoms with van der Waals surface area (Å²) >= 11 is 1.74. The van der Waals surface area contributed by atoms with Gasteiger partial charge in [-0.05, 0) is 25.0 Å². The van der Waals surface area contributed by atoms with E-state index in [9.17, 15) is 14.4 Å². The SMILES string of the molecule is O=C(O)CCC[C@@H](NC(=O)NC1CCSC1)C(=O)O. The van der Waals surface area contributed by atoms with Crippen molar-refractivity contribution in [3.8, 4) is 0 Å². The van der Waals surface area contributed by atoms with E-state index in [0.717, 1.165) is 17.9 Å². The van der Waals surface area contributed by atoms with E-state index in [2.05, 4.69) is 10.6 Å².